The van der Waals surface area contributed by atoms with Crippen LogP contribution < -0.4 is 0 Å². The van der Waals surface area contributed by atoms with Crippen molar-refractivity contribution in [1.82, 2.24) is 14.5 Å². The Bertz CT molecular complexity index is 2760. The van der Waals surface area contributed by atoms with Crippen LogP contribution in [0.15, 0.2) is 140 Å². The first-order chi connectivity index (χ1) is 27.3. The molecular weight excluding hydrogens is 890 g/mol. The van der Waals surface area contributed by atoms with E-state index in [-0.39, 0.29) is 37.6 Å². The molecule has 5 heteroatoms. The van der Waals surface area contributed by atoms with Crippen molar-refractivity contribution in [3.8, 4) is 67.5 Å². The molecule has 0 unspecified atom stereocenters. The summed E-state index contributed by atoms with van der Waals surface area (Å²) in [5, 5.41) is 11.8. The summed E-state index contributed by atoms with van der Waals surface area (Å²) in [6.45, 7) is 17.6. The molecule has 0 spiro atoms. The number of fused-ring (bicyclic) bond motifs is 1. The monoisotopic (exact) mass is 939 g/mol. The average Bonchev–Trinajstić information content (AvgIpc) is 3.61. The molecule has 8 rings (SSSR count). The molecule has 0 radical (unpaired) electrons. The first kappa shape index (κ1) is 40.6. The maximum absolute atomic E-state index is 11.8. The van der Waals surface area contributed by atoms with Crippen LogP contribution in [0.2, 0.25) is 0 Å². The number of benzene rings is 6. The minimum atomic E-state index is -0.141. The van der Waals surface area contributed by atoms with Gasteiger partial charge in [0.2, 0.25) is 0 Å². The molecule has 2 aromatic heterocycles. The molecular formula is C53H50N3OPt-. The van der Waals surface area contributed by atoms with Crippen molar-refractivity contribution < 1.29 is 26.2 Å². The van der Waals surface area contributed by atoms with Crippen LogP contribution in [0.1, 0.15) is 70.2 Å². The fraction of sp³-hybridized carbons (Fsp3) is 0.208. The van der Waals surface area contributed by atoms with Gasteiger partial charge in [0.15, 0.2) is 0 Å². The van der Waals surface area contributed by atoms with Gasteiger partial charge < -0.3 is 5.11 Å². The number of phenols is 1. The molecule has 0 saturated carbocycles. The van der Waals surface area contributed by atoms with E-state index in [0.717, 1.165) is 78.9 Å². The minimum absolute atomic E-state index is 0. The molecule has 2 heterocycles. The predicted octanol–water partition coefficient (Wildman–Crippen LogP) is 13.9. The fourth-order valence-electron chi connectivity index (χ4n) is 7.75. The number of imidazole rings is 1. The maximum Gasteiger partial charge on any atom is 0.148 e. The molecule has 6 aromatic carbocycles. The van der Waals surface area contributed by atoms with Gasteiger partial charge in [-0.25, -0.2) is 4.98 Å². The summed E-state index contributed by atoms with van der Waals surface area (Å²) < 4.78 is 2.25. The molecule has 0 bridgehead atoms. The van der Waals surface area contributed by atoms with Crippen LogP contribution in [0.4, 0.5) is 0 Å². The van der Waals surface area contributed by atoms with Gasteiger partial charge in [0.25, 0.3) is 0 Å². The van der Waals surface area contributed by atoms with Crippen LogP contribution in [-0.2, 0) is 31.9 Å². The van der Waals surface area contributed by atoms with Gasteiger partial charge in [0.1, 0.15) is 11.6 Å². The molecule has 0 amide bonds. The zero-order valence-corrected chi connectivity index (χ0v) is 36.9. The van der Waals surface area contributed by atoms with E-state index in [1.54, 1.807) is 0 Å². The number of para-hydroxylation sites is 1. The van der Waals surface area contributed by atoms with Gasteiger partial charge in [0.05, 0.1) is 22.3 Å². The summed E-state index contributed by atoms with van der Waals surface area (Å²) >= 11 is 0. The van der Waals surface area contributed by atoms with Gasteiger partial charge >= 0.3 is 0 Å². The molecule has 4 nitrogen and oxygen atoms in total. The van der Waals surface area contributed by atoms with Gasteiger partial charge in [0, 0.05) is 38.5 Å². The molecule has 0 aliphatic carbocycles. The van der Waals surface area contributed by atoms with Crippen molar-refractivity contribution in [3.05, 3.63) is 168 Å². The Morgan fingerprint density at radius 1 is 0.638 bits per heavy atom. The van der Waals surface area contributed by atoms with E-state index in [1.165, 1.54) is 11.1 Å². The Balaban J connectivity index is 0.00000512. The SMILES string of the molecule is CCC(C)(C)c1ccc(-n2c(-c3cc(C)cc(C)c3O)nc3c(-c4[c-]c(-c5cc(-c6ccccc6)ccn5)cc(C(C)(C)C)c4)cccc32)c(-c2ccccc2)c1.[Pt]. The Morgan fingerprint density at radius 2 is 1.33 bits per heavy atom. The number of rotatable bonds is 8. The second-order valence-electron chi connectivity index (χ2n) is 17.0. The molecule has 294 valence electrons. The van der Waals surface area contributed by atoms with Crippen molar-refractivity contribution in [2.75, 3.05) is 0 Å². The van der Waals surface area contributed by atoms with E-state index in [1.807, 2.05) is 31.3 Å². The number of aromatic hydroxyl groups is 1. The van der Waals surface area contributed by atoms with Crippen molar-refractivity contribution >= 4 is 11.0 Å². The molecule has 0 fully saturated rings. The van der Waals surface area contributed by atoms with E-state index in [9.17, 15) is 5.11 Å². The van der Waals surface area contributed by atoms with Gasteiger partial charge in [-0.05, 0) is 94.8 Å². The maximum atomic E-state index is 11.8. The van der Waals surface area contributed by atoms with Crippen LogP contribution in [0.5, 0.6) is 5.75 Å². The second kappa shape index (κ2) is 16.0. The number of aromatic nitrogens is 3. The Labute approximate surface area is 358 Å². The average molecular weight is 940 g/mol. The zero-order valence-electron chi connectivity index (χ0n) is 34.6. The van der Waals surface area contributed by atoms with Crippen molar-refractivity contribution in [1.29, 1.82) is 0 Å². The second-order valence-corrected chi connectivity index (χ2v) is 17.0. The normalized spacial score (nSPS) is 11.8. The van der Waals surface area contributed by atoms with E-state index < -0.39 is 0 Å². The van der Waals surface area contributed by atoms with Gasteiger partial charge in [-0.2, -0.15) is 0 Å². The third kappa shape index (κ3) is 7.71. The molecule has 58 heavy (non-hydrogen) atoms. The molecule has 0 saturated heterocycles. The van der Waals surface area contributed by atoms with Crippen LogP contribution in [0.3, 0.4) is 0 Å². The number of pyridine rings is 1. The summed E-state index contributed by atoms with van der Waals surface area (Å²) in [6.07, 6.45) is 2.90. The largest absolute Gasteiger partial charge is 0.507 e. The topological polar surface area (TPSA) is 50.9 Å². The molecule has 0 aliphatic rings. The molecule has 1 N–H and O–H groups in total. The van der Waals surface area contributed by atoms with E-state index >= 15 is 0 Å². The summed E-state index contributed by atoms with van der Waals surface area (Å²) in [4.78, 5) is 10.4. The van der Waals surface area contributed by atoms with Crippen LogP contribution in [0.25, 0.3) is 72.7 Å². The summed E-state index contributed by atoms with van der Waals surface area (Å²) in [7, 11) is 0. The number of phenolic OH excluding ortho intramolecular Hbond substituents is 1. The summed E-state index contributed by atoms with van der Waals surface area (Å²) in [5.74, 6) is 0.919. The number of hydrogen-bond donors (Lipinski definition) is 1. The Morgan fingerprint density at radius 3 is 2.02 bits per heavy atom. The van der Waals surface area contributed by atoms with Crippen molar-refractivity contribution in [2.45, 2.75) is 72.6 Å². The van der Waals surface area contributed by atoms with E-state index in [0.29, 0.717) is 11.4 Å². The van der Waals surface area contributed by atoms with E-state index in [4.69, 9.17) is 9.97 Å². The quantitative estimate of drug-likeness (QED) is 0.154. The molecule has 0 atom stereocenters. The first-order valence-electron chi connectivity index (χ1n) is 19.9. The third-order valence-electron chi connectivity index (χ3n) is 11.5. The van der Waals surface area contributed by atoms with Crippen LogP contribution >= 0.6 is 0 Å². The van der Waals surface area contributed by atoms with Crippen molar-refractivity contribution in [2.24, 2.45) is 0 Å². The first-order valence-corrected chi connectivity index (χ1v) is 19.9. The minimum Gasteiger partial charge on any atom is -0.507 e. The number of aryl methyl sites for hydroxylation is 2. The van der Waals surface area contributed by atoms with Crippen LogP contribution in [-0.4, -0.2) is 19.6 Å². The van der Waals surface area contributed by atoms with E-state index in [2.05, 4.69) is 174 Å². The van der Waals surface area contributed by atoms with Gasteiger partial charge in [-0.1, -0.05) is 144 Å². The van der Waals surface area contributed by atoms with Crippen LogP contribution in [0, 0.1) is 19.9 Å². The fourth-order valence-corrected chi connectivity index (χ4v) is 7.75. The third-order valence-corrected chi connectivity index (χ3v) is 11.5. The predicted molar refractivity (Wildman–Crippen MR) is 238 cm³/mol. The molecule has 0 aliphatic heterocycles. The van der Waals surface area contributed by atoms with Gasteiger partial charge in [-0.15, -0.1) is 29.3 Å². The molecule has 8 aromatic rings. The summed E-state index contributed by atoms with van der Waals surface area (Å²) in [5.41, 5.74) is 15.8. The standard InChI is InChI=1S/C53H50N3O.Pt/c1-9-53(7,8)41-23-24-47(44(33-41)37-19-14-11-15-20-37)56-48-22-16-21-43(49(48)55-51(56)45-28-34(2)27-35(3)50(45)57)39-29-40(31-42(30-39)52(4,5)6)46-32-38(25-26-54-46)36-17-12-10-13-18-36;/h10-28,30-33,57H,9H2,1-8H3;/q-1;. The van der Waals surface area contributed by atoms with Crippen molar-refractivity contribution in [3.63, 3.8) is 0 Å². The summed E-state index contributed by atoms with van der Waals surface area (Å²) in [6, 6.07) is 50.8. The number of hydrogen-bond acceptors (Lipinski definition) is 3. The number of nitrogens with zero attached hydrogens (tertiary/aromatic N) is 3. The zero-order chi connectivity index (χ0) is 40.1. The Kier molecular flexibility index (Phi) is 11.2. The Hall–Kier alpha value is -5.57. The van der Waals surface area contributed by atoms with Gasteiger partial charge in [-0.3, -0.25) is 9.55 Å². The smallest absolute Gasteiger partial charge is 0.148 e.